The Balaban J connectivity index is 0.000000211. The van der Waals surface area contributed by atoms with E-state index < -0.39 is 0 Å². The van der Waals surface area contributed by atoms with Crippen LogP contribution in [-0.4, -0.2) is 25.3 Å². The van der Waals surface area contributed by atoms with Crippen molar-refractivity contribution < 1.29 is 9.84 Å². The Bertz CT molecular complexity index is 495. The van der Waals surface area contributed by atoms with E-state index in [9.17, 15) is 0 Å². The fourth-order valence-corrected chi connectivity index (χ4v) is 1.79. The molecule has 0 spiro atoms. The summed E-state index contributed by atoms with van der Waals surface area (Å²) in [4.78, 5) is 0. The standard InChI is InChI=1S/C9H13NO.C8H11NO/c1-11-9-4-2-8(3-5-9)6-7-10;9-6-5-7-1-3-8(10)4-2-7/h2-5H,6-7,10H2,1H3;1-4,10H,5-6,9H2. The number of aromatic hydroxyl groups is 1. The number of nitrogens with two attached hydrogens (primary N) is 2. The number of phenols is 1. The van der Waals surface area contributed by atoms with Crippen LogP contribution in [0.5, 0.6) is 11.5 Å². The number of ether oxygens (including phenoxy) is 1. The Hall–Kier alpha value is -2.04. The topological polar surface area (TPSA) is 81.5 Å². The number of hydrogen-bond donors (Lipinski definition) is 3. The molecule has 0 saturated heterocycles. The first-order chi connectivity index (χ1) is 10.2. The highest BCUT2D eigenvalue weighted by molar-refractivity contribution is 5.27. The van der Waals surface area contributed by atoms with Crippen LogP contribution < -0.4 is 16.2 Å². The summed E-state index contributed by atoms with van der Waals surface area (Å²) in [7, 11) is 1.66. The third kappa shape index (κ3) is 6.79. The van der Waals surface area contributed by atoms with Gasteiger partial charge in [0.25, 0.3) is 0 Å². The maximum absolute atomic E-state index is 8.89. The zero-order valence-electron chi connectivity index (χ0n) is 12.5. The van der Waals surface area contributed by atoms with E-state index in [-0.39, 0.29) is 0 Å². The third-order valence-corrected chi connectivity index (χ3v) is 2.96. The molecule has 0 amide bonds. The van der Waals surface area contributed by atoms with Crippen molar-refractivity contribution in [2.45, 2.75) is 12.8 Å². The molecule has 5 N–H and O–H groups in total. The van der Waals surface area contributed by atoms with E-state index >= 15 is 0 Å². The van der Waals surface area contributed by atoms with Gasteiger partial charge in [0, 0.05) is 0 Å². The molecule has 0 unspecified atom stereocenters. The van der Waals surface area contributed by atoms with Crippen LogP contribution in [-0.2, 0) is 12.8 Å². The van der Waals surface area contributed by atoms with E-state index in [1.54, 1.807) is 19.2 Å². The molecule has 0 aromatic heterocycles. The highest BCUT2D eigenvalue weighted by Gasteiger charge is 1.91. The molecule has 0 aliphatic heterocycles. The van der Waals surface area contributed by atoms with Gasteiger partial charge in [0.2, 0.25) is 0 Å². The van der Waals surface area contributed by atoms with Crippen molar-refractivity contribution in [3.05, 3.63) is 59.7 Å². The van der Waals surface area contributed by atoms with Crippen LogP contribution in [0.15, 0.2) is 48.5 Å². The first-order valence-electron chi connectivity index (χ1n) is 7.00. The zero-order valence-corrected chi connectivity index (χ0v) is 12.5. The molecule has 2 rings (SSSR count). The van der Waals surface area contributed by atoms with Crippen LogP contribution in [0.25, 0.3) is 0 Å². The predicted octanol–water partition coefficient (Wildman–Crippen LogP) is 2.09. The van der Waals surface area contributed by atoms with Crippen molar-refractivity contribution >= 4 is 0 Å². The number of methoxy groups -OCH3 is 1. The maximum Gasteiger partial charge on any atom is 0.118 e. The fourth-order valence-electron chi connectivity index (χ4n) is 1.79. The van der Waals surface area contributed by atoms with Crippen LogP contribution in [0.1, 0.15) is 11.1 Å². The smallest absolute Gasteiger partial charge is 0.118 e. The molecule has 0 atom stereocenters. The van der Waals surface area contributed by atoms with Gasteiger partial charge in [-0.25, -0.2) is 0 Å². The molecule has 21 heavy (non-hydrogen) atoms. The van der Waals surface area contributed by atoms with E-state index in [4.69, 9.17) is 21.3 Å². The summed E-state index contributed by atoms with van der Waals surface area (Å²) in [6.07, 6.45) is 1.81. The number of phenolic OH excluding ortho intramolecular Hbond substituents is 1. The van der Waals surface area contributed by atoms with Crippen molar-refractivity contribution in [3.8, 4) is 11.5 Å². The van der Waals surface area contributed by atoms with E-state index in [0.717, 1.165) is 18.6 Å². The summed E-state index contributed by atoms with van der Waals surface area (Å²) in [5.74, 6) is 1.20. The number of hydrogen-bond acceptors (Lipinski definition) is 4. The molecule has 114 valence electrons. The first-order valence-corrected chi connectivity index (χ1v) is 7.00. The summed E-state index contributed by atoms with van der Waals surface area (Å²) in [5.41, 5.74) is 13.2. The van der Waals surface area contributed by atoms with Gasteiger partial charge in [-0.3, -0.25) is 0 Å². The highest BCUT2D eigenvalue weighted by atomic mass is 16.5. The molecule has 0 aliphatic rings. The number of benzene rings is 2. The lowest BCUT2D eigenvalue weighted by Gasteiger charge is -2.00. The second kappa shape index (κ2) is 9.80. The van der Waals surface area contributed by atoms with Gasteiger partial charge in [-0.1, -0.05) is 24.3 Å². The predicted molar refractivity (Wildman–Crippen MR) is 86.6 cm³/mol. The van der Waals surface area contributed by atoms with Crippen molar-refractivity contribution in [2.24, 2.45) is 11.5 Å². The lowest BCUT2D eigenvalue weighted by molar-refractivity contribution is 0.414. The quantitative estimate of drug-likeness (QED) is 0.787. The molecule has 0 bridgehead atoms. The minimum Gasteiger partial charge on any atom is -0.508 e. The minimum atomic E-state index is 0.306. The molecular weight excluding hydrogens is 264 g/mol. The Morgan fingerprint density at radius 2 is 1.24 bits per heavy atom. The van der Waals surface area contributed by atoms with Crippen LogP contribution in [0.2, 0.25) is 0 Å². The zero-order chi connectivity index (χ0) is 15.5. The monoisotopic (exact) mass is 288 g/mol. The Morgan fingerprint density at radius 3 is 1.62 bits per heavy atom. The van der Waals surface area contributed by atoms with Gasteiger partial charge < -0.3 is 21.3 Å². The molecular formula is C17H24N2O2. The first kappa shape index (κ1) is 17.0. The minimum absolute atomic E-state index is 0.306. The Morgan fingerprint density at radius 1 is 0.810 bits per heavy atom. The van der Waals surface area contributed by atoms with E-state index in [1.165, 1.54) is 11.1 Å². The summed E-state index contributed by atoms with van der Waals surface area (Å²) in [6.45, 7) is 1.36. The molecule has 4 heteroatoms. The SMILES string of the molecule is COc1ccc(CCN)cc1.NCCc1ccc(O)cc1. The van der Waals surface area contributed by atoms with Crippen molar-refractivity contribution in [1.82, 2.24) is 0 Å². The van der Waals surface area contributed by atoms with Crippen molar-refractivity contribution in [3.63, 3.8) is 0 Å². The second-order valence-corrected chi connectivity index (χ2v) is 4.59. The molecule has 2 aromatic rings. The molecule has 0 radical (unpaired) electrons. The Labute approximate surface area is 126 Å². The van der Waals surface area contributed by atoms with Gasteiger partial charge in [-0.2, -0.15) is 0 Å². The van der Waals surface area contributed by atoms with Gasteiger partial charge in [0.1, 0.15) is 11.5 Å². The Kier molecular flexibility index (Phi) is 7.94. The summed E-state index contributed by atoms with van der Waals surface area (Å²) in [6, 6.07) is 15.1. The van der Waals surface area contributed by atoms with Gasteiger partial charge in [-0.15, -0.1) is 0 Å². The lowest BCUT2D eigenvalue weighted by Crippen LogP contribution is -2.02. The molecule has 2 aromatic carbocycles. The summed E-state index contributed by atoms with van der Waals surface area (Å²) < 4.78 is 5.02. The summed E-state index contributed by atoms with van der Waals surface area (Å²) >= 11 is 0. The third-order valence-electron chi connectivity index (χ3n) is 2.96. The van der Waals surface area contributed by atoms with Crippen LogP contribution in [0.4, 0.5) is 0 Å². The van der Waals surface area contributed by atoms with E-state index in [1.807, 2.05) is 36.4 Å². The van der Waals surface area contributed by atoms with Crippen molar-refractivity contribution in [2.75, 3.05) is 20.2 Å². The molecule has 0 aliphatic carbocycles. The van der Waals surface area contributed by atoms with Crippen LogP contribution in [0.3, 0.4) is 0 Å². The molecule has 0 heterocycles. The average molecular weight is 288 g/mol. The largest absolute Gasteiger partial charge is 0.508 e. The highest BCUT2D eigenvalue weighted by Crippen LogP contribution is 2.11. The van der Waals surface area contributed by atoms with E-state index in [2.05, 4.69) is 0 Å². The maximum atomic E-state index is 8.89. The summed E-state index contributed by atoms with van der Waals surface area (Å²) in [5, 5.41) is 8.89. The van der Waals surface area contributed by atoms with E-state index in [0.29, 0.717) is 18.8 Å². The fraction of sp³-hybridized carbons (Fsp3) is 0.294. The molecule has 0 saturated carbocycles. The van der Waals surface area contributed by atoms with Gasteiger partial charge in [0.05, 0.1) is 7.11 Å². The lowest BCUT2D eigenvalue weighted by atomic mass is 10.1. The van der Waals surface area contributed by atoms with Crippen molar-refractivity contribution in [1.29, 1.82) is 0 Å². The molecule has 4 nitrogen and oxygen atoms in total. The van der Waals surface area contributed by atoms with Crippen LogP contribution >= 0.6 is 0 Å². The average Bonchev–Trinajstić information content (AvgIpc) is 2.52. The van der Waals surface area contributed by atoms with Gasteiger partial charge in [-0.05, 0) is 61.3 Å². The normalized spacial score (nSPS) is 9.67. The number of rotatable bonds is 5. The molecule has 0 fully saturated rings. The van der Waals surface area contributed by atoms with Gasteiger partial charge in [0.15, 0.2) is 0 Å². The second-order valence-electron chi connectivity index (χ2n) is 4.59. The van der Waals surface area contributed by atoms with Gasteiger partial charge >= 0.3 is 0 Å². The van der Waals surface area contributed by atoms with Crippen LogP contribution in [0, 0.1) is 0 Å².